The number of ether oxygens (including phenoxy) is 1. The Morgan fingerprint density at radius 2 is 1.68 bits per heavy atom. The Morgan fingerprint density at radius 1 is 1.11 bits per heavy atom. The van der Waals surface area contributed by atoms with Gasteiger partial charge in [-0.05, 0) is 30.9 Å². The first-order chi connectivity index (χ1) is 8.97. The van der Waals surface area contributed by atoms with Gasteiger partial charge in [-0.15, -0.1) is 0 Å². The maximum Gasteiger partial charge on any atom is 0.224 e. The third kappa shape index (κ3) is 6.97. The summed E-state index contributed by atoms with van der Waals surface area (Å²) in [6.07, 6.45) is 0.680. The van der Waals surface area contributed by atoms with E-state index in [4.69, 9.17) is 4.74 Å². The maximum absolute atomic E-state index is 11.7. The Morgan fingerprint density at radius 3 is 2.21 bits per heavy atom. The van der Waals surface area contributed by atoms with Gasteiger partial charge in [0.25, 0.3) is 0 Å². The van der Waals surface area contributed by atoms with Gasteiger partial charge in [0, 0.05) is 6.54 Å². The monoisotopic (exact) mass is 263 g/mol. The summed E-state index contributed by atoms with van der Waals surface area (Å²) in [5.74, 6) is 0.569. The van der Waals surface area contributed by atoms with Crippen molar-refractivity contribution in [1.82, 2.24) is 5.32 Å². The molecule has 0 aromatic heterocycles. The van der Waals surface area contributed by atoms with Crippen LogP contribution >= 0.6 is 0 Å². The number of nitrogens with one attached hydrogen (secondary N) is 1. The van der Waals surface area contributed by atoms with Crippen molar-refractivity contribution < 1.29 is 9.53 Å². The predicted octanol–water partition coefficient (Wildman–Crippen LogP) is 2.93. The number of hydrogen-bond acceptors (Lipinski definition) is 2. The van der Waals surface area contributed by atoms with Crippen LogP contribution in [0.3, 0.4) is 0 Å². The summed E-state index contributed by atoms with van der Waals surface area (Å²) in [6, 6.07) is 8.03. The number of amides is 1. The van der Waals surface area contributed by atoms with Gasteiger partial charge in [0.05, 0.1) is 19.1 Å². The van der Waals surface area contributed by atoms with Crippen LogP contribution in [-0.4, -0.2) is 18.6 Å². The van der Waals surface area contributed by atoms with Crippen LogP contribution in [0.15, 0.2) is 24.3 Å². The molecule has 106 valence electrons. The summed E-state index contributed by atoms with van der Waals surface area (Å²) < 4.78 is 5.53. The molecule has 0 fully saturated rings. The SMILES string of the molecule is CC(C)CNC(=O)Cc1ccc(COC(C)C)cc1. The molecule has 3 heteroatoms. The lowest BCUT2D eigenvalue weighted by Gasteiger charge is -2.09. The highest BCUT2D eigenvalue weighted by Gasteiger charge is 2.04. The first-order valence-electron chi connectivity index (χ1n) is 6.93. The summed E-state index contributed by atoms with van der Waals surface area (Å²) >= 11 is 0. The van der Waals surface area contributed by atoms with Gasteiger partial charge in [-0.2, -0.15) is 0 Å². The van der Waals surface area contributed by atoms with Crippen LogP contribution < -0.4 is 5.32 Å². The maximum atomic E-state index is 11.7. The summed E-state index contributed by atoms with van der Waals surface area (Å²) in [5.41, 5.74) is 2.18. The zero-order valence-electron chi connectivity index (χ0n) is 12.4. The van der Waals surface area contributed by atoms with Gasteiger partial charge in [0.15, 0.2) is 0 Å². The van der Waals surface area contributed by atoms with E-state index >= 15 is 0 Å². The number of carbonyl (C=O) groups is 1. The summed E-state index contributed by atoms with van der Waals surface area (Å²) in [6.45, 7) is 9.57. The second kappa shape index (κ2) is 7.95. The molecule has 0 heterocycles. The standard InChI is InChI=1S/C16H25NO2/c1-12(2)10-17-16(18)9-14-5-7-15(8-6-14)11-19-13(3)4/h5-8,12-13H,9-11H2,1-4H3,(H,17,18). The van der Waals surface area contributed by atoms with E-state index < -0.39 is 0 Å². The predicted molar refractivity (Wildman–Crippen MR) is 77.9 cm³/mol. The number of hydrogen-bond donors (Lipinski definition) is 1. The fourth-order valence-electron chi connectivity index (χ4n) is 1.58. The lowest BCUT2D eigenvalue weighted by atomic mass is 10.1. The molecule has 0 aliphatic heterocycles. The molecule has 1 rings (SSSR count). The highest BCUT2D eigenvalue weighted by Crippen LogP contribution is 2.07. The Hall–Kier alpha value is -1.35. The van der Waals surface area contributed by atoms with Crippen LogP contribution in [0, 0.1) is 5.92 Å². The van der Waals surface area contributed by atoms with Crippen LogP contribution in [0.2, 0.25) is 0 Å². The normalized spacial score (nSPS) is 11.1. The average Bonchev–Trinajstić information content (AvgIpc) is 2.35. The molecule has 0 bridgehead atoms. The van der Waals surface area contributed by atoms with Gasteiger partial charge < -0.3 is 10.1 Å². The van der Waals surface area contributed by atoms with E-state index in [0.29, 0.717) is 18.9 Å². The van der Waals surface area contributed by atoms with Crippen LogP contribution in [0.1, 0.15) is 38.8 Å². The minimum absolute atomic E-state index is 0.0832. The van der Waals surface area contributed by atoms with E-state index in [1.54, 1.807) is 0 Å². The number of rotatable bonds is 7. The molecule has 1 amide bonds. The molecule has 0 saturated carbocycles. The summed E-state index contributed by atoms with van der Waals surface area (Å²) in [7, 11) is 0. The van der Waals surface area contributed by atoms with Gasteiger partial charge in [-0.1, -0.05) is 38.1 Å². The van der Waals surface area contributed by atoms with Crippen molar-refractivity contribution in [3.8, 4) is 0 Å². The largest absolute Gasteiger partial charge is 0.374 e. The molecule has 1 N–H and O–H groups in total. The molecule has 0 aliphatic rings. The Bertz CT molecular complexity index is 382. The average molecular weight is 263 g/mol. The van der Waals surface area contributed by atoms with E-state index in [2.05, 4.69) is 19.2 Å². The quantitative estimate of drug-likeness (QED) is 0.821. The van der Waals surface area contributed by atoms with E-state index in [0.717, 1.165) is 17.7 Å². The van der Waals surface area contributed by atoms with Crippen molar-refractivity contribution in [2.24, 2.45) is 5.92 Å². The molecule has 0 aliphatic carbocycles. The van der Waals surface area contributed by atoms with Gasteiger partial charge >= 0.3 is 0 Å². The molecule has 0 radical (unpaired) electrons. The molecule has 1 aromatic carbocycles. The number of benzene rings is 1. The zero-order valence-corrected chi connectivity index (χ0v) is 12.4. The van der Waals surface area contributed by atoms with Crippen LogP contribution in [0.5, 0.6) is 0 Å². The second-order valence-corrected chi connectivity index (χ2v) is 5.55. The highest BCUT2D eigenvalue weighted by molar-refractivity contribution is 5.78. The van der Waals surface area contributed by atoms with E-state index in [-0.39, 0.29) is 12.0 Å². The molecule has 19 heavy (non-hydrogen) atoms. The Balaban J connectivity index is 2.41. The van der Waals surface area contributed by atoms with Crippen molar-refractivity contribution >= 4 is 5.91 Å². The summed E-state index contributed by atoms with van der Waals surface area (Å²) in [5, 5.41) is 2.92. The minimum Gasteiger partial charge on any atom is -0.374 e. The second-order valence-electron chi connectivity index (χ2n) is 5.55. The first-order valence-corrected chi connectivity index (χ1v) is 6.93. The molecule has 0 saturated heterocycles. The lowest BCUT2D eigenvalue weighted by Crippen LogP contribution is -2.28. The lowest BCUT2D eigenvalue weighted by molar-refractivity contribution is -0.120. The topological polar surface area (TPSA) is 38.3 Å². The van der Waals surface area contributed by atoms with Crippen molar-refractivity contribution in [1.29, 1.82) is 0 Å². The fraction of sp³-hybridized carbons (Fsp3) is 0.562. The van der Waals surface area contributed by atoms with Crippen LogP contribution in [-0.2, 0) is 22.6 Å². The van der Waals surface area contributed by atoms with Gasteiger partial charge in [-0.3, -0.25) is 4.79 Å². The fourth-order valence-corrected chi connectivity index (χ4v) is 1.58. The van der Waals surface area contributed by atoms with E-state index in [1.807, 2.05) is 38.1 Å². The van der Waals surface area contributed by atoms with Gasteiger partial charge in [0.1, 0.15) is 0 Å². The van der Waals surface area contributed by atoms with Crippen molar-refractivity contribution in [2.75, 3.05) is 6.54 Å². The third-order valence-corrected chi connectivity index (χ3v) is 2.68. The Labute approximate surface area is 116 Å². The van der Waals surface area contributed by atoms with Crippen molar-refractivity contribution in [2.45, 2.75) is 46.8 Å². The van der Waals surface area contributed by atoms with E-state index in [9.17, 15) is 4.79 Å². The molecular formula is C16H25NO2. The molecular weight excluding hydrogens is 238 g/mol. The molecule has 0 unspecified atom stereocenters. The third-order valence-electron chi connectivity index (χ3n) is 2.68. The number of carbonyl (C=O) groups excluding carboxylic acids is 1. The van der Waals surface area contributed by atoms with E-state index in [1.165, 1.54) is 0 Å². The highest BCUT2D eigenvalue weighted by atomic mass is 16.5. The zero-order chi connectivity index (χ0) is 14.3. The molecule has 0 spiro atoms. The van der Waals surface area contributed by atoms with Crippen molar-refractivity contribution in [3.05, 3.63) is 35.4 Å². The van der Waals surface area contributed by atoms with Crippen molar-refractivity contribution in [3.63, 3.8) is 0 Å². The van der Waals surface area contributed by atoms with Gasteiger partial charge in [-0.25, -0.2) is 0 Å². The van der Waals surface area contributed by atoms with Crippen LogP contribution in [0.4, 0.5) is 0 Å². The van der Waals surface area contributed by atoms with Gasteiger partial charge in [0.2, 0.25) is 5.91 Å². The molecule has 3 nitrogen and oxygen atoms in total. The smallest absolute Gasteiger partial charge is 0.224 e. The van der Waals surface area contributed by atoms with Crippen LogP contribution in [0.25, 0.3) is 0 Å². The first kappa shape index (κ1) is 15.7. The Kier molecular flexibility index (Phi) is 6.57. The molecule has 1 aromatic rings. The minimum atomic E-state index is 0.0832. The summed E-state index contributed by atoms with van der Waals surface area (Å²) in [4.78, 5) is 11.7. The molecule has 0 atom stereocenters.